The zero-order valence-electron chi connectivity index (χ0n) is 15.0. The van der Waals surface area contributed by atoms with Crippen molar-refractivity contribution in [3.05, 3.63) is 36.7 Å². The van der Waals surface area contributed by atoms with Crippen molar-refractivity contribution in [2.24, 2.45) is 5.92 Å². The second-order valence-electron chi connectivity index (χ2n) is 6.75. The summed E-state index contributed by atoms with van der Waals surface area (Å²) in [5.41, 5.74) is 0. The van der Waals surface area contributed by atoms with Crippen LogP contribution in [0.4, 0.5) is 0 Å². The van der Waals surface area contributed by atoms with Gasteiger partial charge in [-0.2, -0.15) is 4.31 Å². The highest BCUT2D eigenvalue weighted by molar-refractivity contribution is 7.89. The van der Waals surface area contributed by atoms with Crippen LogP contribution in [0.25, 0.3) is 0 Å². The van der Waals surface area contributed by atoms with E-state index in [0.29, 0.717) is 31.7 Å². The molecule has 142 valence electrons. The second kappa shape index (κ2) is 7.63. The maximum Gasteiger partial charge on any atom is 0.262 e. The molecule has 1 aliphatic heterocycles. The molecule has 1 saturated heterocycles. The largest absolute Gasteiger partial charge is 0.467 e. The molecule has 2 aromatic heterocycles. The van der Waals surface area contributed by atoms with E-state index >= 15 is 0 Å². The van der Waals surface area contributed by atoms with Crippen LogP contribution in [0.1, 0.15) is 38.5 Å². The highest BCUT2D eigenvalue weighted by Crippen LogP contribution is 2.23. The Kier molecular flexibility index (Phi) is 5.47. The smallest absolute Gasteiger partial charge is 0.262 e. The van der Waals surface area contributed by atoms with Crippen LogP contribution in [0, 0.1) is 5.92 Å². The first kappa shape index (κ1) is 18.7. The topological polar surface area (TPSA) is 97.4 Å². The second-order valence-corrected chi connectivity index (χ2v) is 8.64. The average molecular weight is 380 g/mol. The average Bonchev–Trinajstić information content (AvgIpc) is 3.31. The molecule has 0 saturated carbocycles. The van der Waals surface area contributed by atoms with E-state index < -0.39 is 10.0 Å². The van der Waals surface area contributed by atoms with Gasteiger partial charge in [0.1, 0.15) is 5.76 Å². The van der Waals surface area contributed by atoms with E-state index in [1.165, 1.54) is 10.6 Å². The first-order chi connectivity index (χ1) is 12.4. The Morgan fingerprint density at radius 1 is 1.46 bits per heavy atom. The minimum atomic E-state index is -3.70. The van der Waals surface area contributed by atoms with E-state index in [4.69, 9.17) is 4.42 Å². The molecule has 3 heterocycles. The minimum Gasteiger partial charge on any atom is -0.467 e. The summed E-state index contributed by atoms with van der Waals surface area (Å²) in [6.07, 6.45) is 5.92. The normalized spacial score (nSPS) is 19.0. The molecule has 3 rings (SSSR count). The number of rotatable bonds is 6. The van der Waals surface area contributed by atoms with Crippen LogP contribution in [0.3, 0.4) is 0 Å². The molecule has 26 heavy (non-hydrogen) atoms. The van der Waals surface area contributed by atoms with Crippen LogP contribution in [0.2, 0.25) is 0 Å². The molecule has 2 aromatic rings. The maximum absolute atomic E-state index is 12.8. The Balaban J connectivity index is 1.65. The number of hydrogen-bond donors (Lipinski definition) is 1. The van der Waals surface area contributed by atoms with Gasteiger partial charge < -0.3 is 14.3 Å². The number of sulfonamides is 1. The van der Waals surface area contributed by atoms with Gasteiger partial charge in [-0.3, -0.25) is 4.79 Å². The molecule has 0 bridgehead atoms. The predicted molar refractivity (Wildman–Crippen MR) is 94.6 cm³/mol. The van der Waals surface area contributed by atoms with Crippen molar-refractivity contribution < 1.29 is 17.6 Å². The van der Waals surface area contributed by atoms with E-state index in [1.54, 1.807) is 29.2 Å². The summed E-state index contributed by atoms with van der Waals surface area (Å²) in [6.45, 7) is 4.78. The summed E-state index contributed by atoms with van der Waals surface area (Å²) in [5.74, 6) is 0.132. The number of imidazole rings is 1. The predicted octanol–water partition coefficient (Wildman–Crippen LogP) is 1.77. The van der Waals surface area contributed by atoms with Crippen LogP contribution in [-0.2, 0) is 21.4 Å². The quantitative estimate of drug-likeness (QED) is 0.824. The van der Waals surface area contributed by atoms with Crippen LogP contribution >= 0.6 is 0 Å². The highest BCUT2D eigenvalue weighted by Gasteiger charge is 2.34. The molecular formula is C17H24N4O4S. The van der Waals surface area contributed by atoms with Crippen molar-refractivity contribution >= 4 is 15.9 Å². The van der Waals surface area contributed by atoms with E-state index in [1.807, 2.05) is 13.8 Å². The summed E-state index contributed by atoms with van der Waals surface area (Å²) >= 11 is 0. The van der Waals surface area contributed by atoms with Crippen LogP contribution in [-0.4, -0.2) is 41.3 Å². The zero-order valence-corrected chi connectivity index (χ0v) is 15.8. The van der Waals surface area contributed by atoms with Gasteiger partial charge in [0, 0.05) is 25.3 Å². The fourth-order valence-electron chi connectivity index (χ4n) is 2.97. The van der Waals surface area contributed by atoms with Gasteiger partial charge in [-0.1, -0.05) is 0 Å². The summed E-state index contributed by atoms with van der Waals surface area (Å²) in [6, 6.07) is 3.67. The fourth-order valence-corrected chi connectivity index (χ4v) is 4.42. The third-order valence-corrected chi connectivity index (χ3v) is 6.30. The number of nitrogens with zero attached hydrogens (tertiary/aromatic N) is 3. The maximum atomic E-state index is 12.8. The fraction of sp³-hybridized carbons (Fsp3) is 0.529. The Hall–Kier alpha value is -2.13. The standard InChI is InChI=1S/C17H24N4O4S/c1-13(2)20-11-16(19-12-20)26(23,24)21-7-3-5-14(10-21)17(22)18-9-15-6-4-8-25-15/h4,6,8,11-14H,3,5,7,9-10H2,1-2H3,(H,18,22)/t14-/m1/s1. The van der Waals surface area contributed by atoms with Crippen molar-refractivity contribution in [2.75, 3.05) is 13.1 Å². The number of carbonyl (C=O) groups is 1. The van der Waals surface area contributed by atoms with E-state index in [-0.39, 0.29) is 29.4 Å². The summed E-state index contributed by atoms with van der Waals surface area (Å²) in [4.78, 5) is 16.4. The lowest BCUT2D eigenvalue weighted by molar-refractivity contribution is -0.126. The van der Waals surface area contributed by atoms with Gasteiger partial charge in [0.15, 0.2) is 5.03 Å². The molecular weight excluding hydrogens is 356 g/mol. The minimum absolute atomic E-state index is 0.0304. The van der Waals surface area contributed by atoms with E-state index in [0.717, 1.165) is 0 Å². The van der Waals surface area contributed by atoms with Crippen molar-refractivity contribution in [1.82, 2.24) is 19.2 Å². The number of amides is 1. The molecule has 1 N–H and O–H groups in total. The Morgan fingerprint density at radius 3 is 2.92 bits per heavy atom. The first-order valence-electron chi connectivity index (χ1n) is 8.71. The first-order valence-corrected chi connectivity index (χ1v) is 10.2. The van der Waals surface area contributed by atoms with Crippen molar-refractivity contribution in [3.63, 3.8) is 0 Å². The van der Waals surface area contributed by atoms with Crippen LogP contribution in [0.15, 0.2) is 40.4 Å². The highest BCUT2D eigenvalue weighted by atomic mass is 32.2. The summed E-state index contributed by atoms with van der Waals surface area (Å²) < 4.78 is 34.0. The lowest BCUT2D eigenvalue weighted by Gasteiger charge is -2.30. The van der Waals surface area contributed by atoms with Crippen molar-refractivity contribution in [3.8, 4) is 0 Å². The van der Waals surface area contributed by atoms with Gasteiger partial charge >= 0.3 is 0 Å². The molecule has 1 amide bonds. The summed E-state index contributed by atoms with van der Waals surface area (Å²) in [5, 5.41) is 2.84. The number of piperidine rings is 1. The SMILES string of the molecule is CC(C)n1cnc(S(=O)(=O)N2CCC[C@@H](C(=O)NCc3ccco3)C2)c1. The Labute approximate surface area is 153 Å². The Morgan fingerprint density at radius 2 is 2.27 bits per heavy atom. The number of aromatic nitrogens is 2. The zero-order chi connectivity index (χ0) is 18.7. The molecule has 9 heteroatoms. The van der Waals surface area contributed by atoms with Crippen LogP contribution in [0.5, 0.6) is 0 Å². The molecule has 0 unspecified atom stereocenters. The third-order valence-electron chi connectivity index (χ3n) is 4.55. The van der Waals surface area contributed by atoms with Gasteiger partial charge in [-0.25, -0.2) is 13.4 Å². The number of carbonyl (C=O) groups excluding carboxylic acids is 1. The molecule has 0 radical (unpaired) electrons. The van der Waals surface area contributed by atoms with Crippen molar-refractivity contribution in [2.45, 2.75) is 44.3 Å². The van der Waals surface area contributed by atoms with Crippen molar-refractivity contribution in [1.29, 1.82) is 0 Å². The molecule has 1 fully saturated rings. The van der Waals surface area contributed by atoms with Gasteiger partial charge in [0.25, 0.3) is 10.0 Å². The number of nitrogens with one attached hydrogen (secondary N) is 1. The molecule has 0 spiro atoms. The van der Waals surface area contributed by atoms with Gasteiger partial charge in [-0.15, -0.1) is 0 Å². The molecule has 1 atom stereocenters. The lowest BCUT2D eigenvalue weighted by atomic mass is 9.99. The Bertz CT molecular complexity index is 842. The molecule has 0 aliphatic carbocycles. The monoisotopic (exact) mass is 380 g/mol. The third kappa shape index (κ3) is 3.99. The molecule has 1 aliphatic rings. The van der Waals surface area contributed by atoms with Gasteiger partial charge in [0.05, 0.1) is 25.1 Å². The number of furan rings is 1. The van der Waals surface area contributed by atoms with Gasteiger partial charge in [0.2, 0.25) is 5.91 Å². The van der Waals surface area contributed by atoms with Crippen LogP contribution < -0.4 is 5.32 Å². The molecule has 8 nitrogen and oxygen atoms in total. The lowest BCUT2D eigenvalue weighted by Crippen LogP contribution is -2.45. The van der Waals surface area contributed by atoms with Gasteiger partial charge in [-0.05, 0) is 38.8 Å². The molecule has 0 aromatic carbocycles. The number of hydrogen-bond acceptors (Lipinski definition) is 5. The van der Waals surface area contributed by atoms with E-state index in [2.05, 4.69) is 10.3 Å². The summed E-state index contributed by atoms with van der Waals surface area (Å²) in [7, 11) is -3.70. The van der Waals surface area contributed by atoms with E-state index in [9.17, 15) is 13.2 Å².